The van der Waals surface area contributed by atoms with Crippen LogP contribution in [-0.2, 0) is 27.3 Å². The van der Waals surface area contributed by atoms with E-state index in [0.717, 1.165) is 22.8 Å². The second-order valence-electron chi connectivity index (χ2n) is 8.85. The molecule has 0 aromatic heterocycles. The lowest BCUT2D eigenvalue weighted by Gasteiger charge is -2.17. The van der Waals surface area contributed by atoms with Gasteiger partial charge in [0.25, 0.3) is 0 Å². The maximum absolute atomic E-state index is 13.8. The summed E-state index contributed by atoms with van der Waals surface area (Å²) in [5, 5.41) is -1.20. The molecule has 0 heterocycles. The van der Waals surface area contributed by atoms with Gasteiger partial charge in [-0.1, -0.05) is 86.1 Å². The van der Waals surface area contributed by atoms with E-state index in [-0.39, 0.29) is 6.61 Å². The first-order chi connectivity index (χ1) is 15.8. The number of ether oxygens (including phenoxy) is 2. The van der Waals surface area contributed by atoms with Gasteiger partial charge in [0.05, 0.1) is 5.92 Å². The molecule has 0 amide bonds. The molecule has 184 valence electrons. The highest BCUT2D eigenvalue weighted by Crippen LogP contribution is 2.60. The Morgan fingerprint density at radius 2 is 1.62 bits per heavy atom. The second kappa shape index (κ2) is 10.0. The molecule has 3 rings (SSSR count). The first kappa shape index (κ1) is 26.2. The van der Waals surface area contributed by atoms with Crippen LogP contribution >= 0.6 is 11.6 Å². The number of alkyl halides is 5. The van der Waals surface area contributed by atoms with Crippen molar-refractivity contribution < 1.29 is 36.2 Å². The molecule has 1 aliphatic carbocycles. The highest BCUT2D eigenvalue weighted by atomic mass is 35.5. The van der Waals surface area contributed by atoms with Gasteiger partial charge < -0.3 is 9.47 Å². The molecule has 2 aromatic rings. The van der Waals surface area contributed by atoms with Crippen molar-refractivity contribution in [2.75, 3.05) is 6.61 Å². The van der Waals surface area contributed by atoms with Crippen LogP contribution < -0.4 is 0 Å². The second-order valence-corrected chi connectivity index (χ2v) is 9.26. The van der Waals surface area contributed by atoms with Crippen LogP contribution in [0.15, 0.2) is 65.7 Å². The summed E-state index contributed by atoms with van der Waals surface area (Å²) in [7, 11) is 0. The highest BCUT2D eigenvalue weighted by molar-refractivity contribution is 6.30. The topological polar surface area (TPSA) is 35.5 Å². The lowest BCUT2D eigenvalue weighted by molar-refractivity contribution is -0.267. The third-order valence-corrected chi connectivity index (χ3v) is 6.16. The van der Waals surface area contributed by atoms with Gasteiger partial charge in [-0.3, -0.25) is 4.79 Å². The van der Waals surface area contributed by atoms with Crippen LogP contribution in [0.5, 0.6) is 0 Å². The van der Waals surface area contributed by atoms with E-state index in [2.05, 4.69) is 4.74 Å². The normalized spacial score (nSPS) is 20.2. The lowest BCUT2D eigenvalue weighted by Crippen LogP contribution is -2.28. The number of benzene rings is 2. The Balaban J connectivity index is 1.59. The molecule has 1 aliphatic rings. The van der Waals surface area contributed by atoms with E-state index in [9.17, 15) is 26.7 Å². The Hall–Kier alpha value is -2.45. The molecule has 2 unspecified atom stereocenters. The van der Waals surface area contributed by atoms with Crippen LogP contribution in [0, 0.1) is 17.3 Å². The zero-order valence-electron chi connectivity index (χ0n) is 18.5. The van der Waals surface area contributed by atoms with Crippen molar-refractivity contribution in [3.63, 3.8) is 0 Å². The van der Waals surface area contributed by atoms with Gasteiger partial charge in [0, 0.05) is 0 Å². The summed E-state index contributed by atoms with van der Waals surface area (Å²) in [5.41, 5.74) is 2.21. The fourth-order valence-electron chi connectivity index (χ4n) is 3.84. The average molecular weight is 503 g/mol. The van der Waals surface area contributed by atoms with E-state index in [0.29, 0.717) is 6.42 Å². The van der Waals surface area contributed by atoms with Gasteiger partial charge in [0.2, 0.25) is 0 Å². The SMILES string of the molecule is CC1(C)C(C=C(Cl)C(F)(F)OCC(F)(F)F)C1C(=O)OCc1cccc(Cc2ccccc2)c1. The number of esters is 1. The van der Waals surface area contributed by atoms with Crippen molar-refractivity contribution in [3.8, 4) is 0 Å². The summed E-state index contributed by atoms with van der Waals surface area (Å²) < 4.78 is 73.3. The van der Waals surface area contributed by atoms with Crippen molar-refractivity contribution in [1.29, 1.82) is 0 Å². The van der Waals surface area contributed by atoms with Crippen LogP contribution in [0.2, 0.25) is 0 Å². The fraction of sp³-hybridized carbons (Fsp3) is 0.400. The molecular weight excluding hydrogens is 479 g/mol. The Labute approximate surface area is 199 Å². The molecule has 9 heteroatoms. The van der Waals surface area contributed by atoms with E-state index in [1.807, 2.05) is 54.6 Å². The molecular formula is C25H24ClF5O3. The van der Waals surface area contributed by atoms with Crippen LogP contribution in [0.25, 0.3) is 0 Å². The van der Waals surface area contributed by atoms with Gasteiger partial charge in [-0.15, -0.1) is 0 Å². The molecule has 0 radical (unpaired) electrons. The van der Waals surface area contributed by atoms with Crippen LogP contribution in [0.1, 0.15) is 30.5 Å². The van der Waals surface area contributed by atoms with Crippen LogP contribution in [0.3, 0.4) is 0 Å². The van der Waals surface area contributed by atoms with Crippen molar-refractivity contribution in [1.82, 2.24) is 0 Å². The summed E-state index contributed by atoms with van der Waals surface area (Å²) in [6.07, 6.45) is -7.65. The Morgan fingerprint density at radius 3 is 2.26 bits per heavy atom. The Morgan fingerprint density at radius 1 is 1.00 bits per heavy atom. The van der Waals surface area contributed by atoms with Crippen LogP contribution in [0.4, 0.5) is 22.0 Å². The third-order valence-electron chi connectivity index (χ3n) is 5.81. The van der Waals surface area contributed by atoms with Gasteiger partial charge in [-0.05, 0) is 34.4 Å². The summed E-state index contributed by atoms with van der Waals surface area (Å²) in [6, 6.07) is 17.4. The zero-order valence-corrected chi connectivity index (χ0v) is 19.3. The quantitative estimate of drug-likeness (QED) is 0.277. The maximum Gasteiger partial charge on any atom is 0.412 e. The van der Waals surface area contributed by atoms with E-state index in [1.165, 1.54) is 0 Å². The smallest absolute Gasteiger partial charge is 0.412 e. The van der Waals surface area contributed by atoms with E-state index in [4.69, 9.17) is 16.3 Å². The third kappa shape index (κ3) is 6.79. The lowest BCUT2D eigenvalue weighted by atomic mass is 10.0. The monoisotopic (exact) mass is 502 g/mol. The largest absolute Gasteiger partial charge is 0.461 e. The number of halogens is 6. The number of carbonyl (C=O) groups excluding carboxylic acids is 1. The Kier molecular flexibility index (Phi) is 7.72. The number of hydrogen-bond donors (Lipinski definition) is 0. The number of carbonyl (C=O) groups is 1. The predicted octanol–water partition coefficient (Wildman–Crippen LogP) is 6.89. The van der Waals surface area contributed by atoms with Gasteiger partial charge in [-0.25, -0.2) is 0 Å². The summed E-state index contributed by atoms with van der Waals surface area (Å²) in [5.74, 6) is -2.08. The summed E-state index contributed by atoms with van der Waals surface area (Å²) in [6.45, 7) is 1.19. The molecule has 34 heavy (non-hydrogen) atoms. The first-order valence-electron chi connectivity index (χ1n) is 10.5. The number of rotatable bonds is 9. The molecule has 3 nitrogen and oxygen atoms in total. The highest BCUT2D eigenvalue weighted by Gasteiger charge is 2.62. The van der Waals surface area contributed by atoms with Crippen LogP contribution in [-0.4, -0.2) is 24.9 Å². The first-order valence-corrected chi connectivity index (χ1v) is 10.9. The van der Waals surface area contributed by atoms with Gasteiger partial charge in [-0.2, -0.15) is 22.0 Å². The molecule has 0 aliphatic heterocycles. The number of allylic oxidation sites excluding steroid dienone is 1. The molecule has 2 aromatic carbocycles. The summed E-state index contributed by atoms with van der Waals surface area (Å²) >= 11 is 5.56. The average Bonchev–Trinajstić information content (AvgIpc) is 3.31. The standard InChI is InChI=1S/C25H24ClF5O3/c1-23(2)19(13-20(26)25(30,31)34-15-24(27,28)29)21(23)22(32)33-14-18-10-6-9-17(12-18)11-16-7-4-3-5-8-16/h3-10,12-13,19,21H,11,14-15H2,1-2H3. The molecule has 0 spiro atoms. The molecule has 1 saturated carbocycles. The maximum atomic E-state index is 13.8. The van der Waals surface area contributed by atoms with Gasteiger partial charge >= 0.3 is 18.3 Å². The molecule has 0 saturated heterocycles. The summed E-state index contributed by atoms with van der Waals surface area (Å²) in [4.78, 5) is 12.6. The minimum atomic E-state index is -4.93. The van der Waals surface area contributed by atoms with Gasteiger partial charge in [0.1, 0.15) is 18.2 Å². The van der Waals surface area contributed by atoms with Crippen molar-refractivity contribution in [3.05, 3.63) is 82.4 Å². The fourth-order valence-corrected chi connectivity index (χ4v) is 4.03. The van der Waals surface area contributed by atoms with E-state index >= 15 is 0 Å². The number of hydrogen-bond acceptors (Lipinski definition) is 3. The van der Waals surface area contributed by atoms with E-state index < -0.39 is 47.1 Å². The van der Waals surface area contributed by atoms with Crippen molar-refractivity contribution in [2.45, 2.75) is 39.2 Å². The Bertz CT molecular complexity index is 1030. The van der Waals surface area contributed by atoms with Crippen molar-refractivity contribution in [2.24, 2.45) is 17.3 Å². The predicted molar refractivity (Wildman–Crippen MR) is 117 cm³/mol. The molecule has 0 bridgehead atoms. The minimum absolute atomic E-state index is 0.00304. The molecule has 1 fully saturated rings. The zero-order chi connectivity index (χ0) is 25.1. The van der Waals surface area contributed by atoms with Gasteiger partial charge in [0.15, 0.2) is 0 Å². The molecule has 2 atom stereocenters. The van der Waals surface area contributed by atoms with Crippen molar-refractivity contribution >= 4 is 17.6 Å². The van der Waals surface area contributed by atoms with E-state index in [1.54, 1.807) is 13.8 Å². The molecule has 0 N–H and O–H groups in total. The minimum Gasteiger partial charge on any atom is -0.461 e.